The van der Waals surface area contributed by atoms with Crippen LogP contribution in [0.3, 0.4) is 0 Å². The Balaban J connectivity index is 1.46. The highest BCUT2D eigenvalue weighted by Gasteiger charge is 2.44. The normalized spacial score (nSPS) is 21.7. The SMILES string of the molecule is CC(C)(C)NS(=O)(=O)c1cc2c(c(N3C4CCC3CN(C(=O)c3ccc(F)cc3Cl)C4)c1)OCC2. The summed E-state index contributed by atoms with van der Waals surface area (Å²) in [5.41, 5.74) is 1.33. The van der Waals surface area contributed by atoms with Crippen LogP contribution in [-0.2, 0) is 16.4 Å². The zero-order valence-corrected chi connectivity index (χ0v) is 21.5. The first-order valence-corrected chi connectivity index (χ1v) is 13.7. The number of hydrogen-bond acceptors (Lipinski definition) is 5. The number of anilines is 1. The fraction of sp³-hybridized carbons (Fsp3) is 0.480. The van der Waals surface area contributed by atoms with Crippen molar-refractivity contribution in [2.75, 3.05) is 24.6 Å². The van der Waals surface area contributed by atoms with Gasteiger partial charge >= 0.3 is 0 Å². The molecule has 2 saturated heterocycles. The molecule has 0 aliphatic carbocycles. The number of carbonyl (C=O) groups is 1. The number of nitrogens with one attached hydrogen (secondary N) is 1. The second-order valence-electron chi connectivity index (χ2n) is 10.5. The van der Waals surface area contributed by atoms with Gasteiger partial charge in [-0.05, 0) is 63.9 Å². The van der Waals surface area contributed by atoms with Crippen LogP contribution in [0.25, 0.3) is 0 Å². The average Bonchev–Trinajstić information content (AvgIpc) is 3.32. The first-order chi connectivity index (χ1) is 16.4. The van der Waals surface area contributed by atoms with Crippen LogP contribution in [-0.4, -0.2) is 56.5 Å². The lowest BCUT2D eigenvalue weighted by molar-refractivity contribution is 0.0718. The lowest BCUT2D eigenvalue weighted by atomic mass is 10.1. The highest BCUT2D eigenvalue weighted by molar-refractivity contribution is 7.89. The van der Waals surface area contributed by atoms with E-state index in [4.69, 9.17) is 16.3 Å². The third-order valence-corrected chi connectivity index (χ3v) is 8.75. The highest BCUT2D eigenvalue weighted by atomic mass is 35.5. The van der Waals surface area contributed by atoms with E-state index in [0.29, 0.717) is 26.1 Å². The molecule has 0 saturated carbocycles. The van der Waals surface area contributed by atoms with Gasteiger partial charge in [0.15, 0.2) is 0 Å². The van der Waals surface area contributed by atoms with Crippen LogP contribution in [0.5, 0.6) is 5.75 Å². The summed E-state index contributed by atoms with van der Waals surface area (Å²) in [7, 11) is -3.73. The summed E-state index contributed by atoms with van der Waals surface area (Å²) < 4.78 is 48.5. The lowest BCUT2D eigenvalue weighted by Crippen LogP contribution is -2.55. The summed E-state index contributed by atoms with van der Waals surface area (Å²) >= 11 is 6.15. The van der Waals surface area contributed by atoms with Crippen molar-refractivity contribution in [1.82, 2.24) is 9.62 Å². The molecule has 3 heterocycles. The Bertz CT molecular complexity index is 1280. The van der Waals surface area contributed by atoms with Gasteiger partial charge in [0.25, 0.3) is 5.91 Å². The summed E-state index contributed by atoms with van der Waals surface area (Å²) in [5, 5.41) is 0.0975. The van der Waals surface area contributed by atoms with Crippen LogP contribution in [0.2, 0.25) is 5.02 Å². The number of benzene rings is 2. The van der Waals surface area contributed by atoms with Gasteiger partial charge in [-0.2, -0.15) is 0 Å². The number of rotatable bonds is 4. The maximum Gasteiger partial charge on any atom is 0.255 e. The molecule has 0 radical (unpaired) electrons. The molecule has 1 N–H and O–H groups in total. The van der Waals surface area contributed by atoms with Gasteiger partial charge in [-0.15, -0.1) is 0 Å². The minimum absolute atomic E-state index is 0.0127. The maximum absolute atomic E-state index is 13.5. The maximum atomic E-state index is 13.5. The molecule has 2 bridgehead atoms. The summed E-state index contributed by atoms with van der Waals surface area (Å²) in [6.07, 6.45) is 2.40. The van der Waals surface area contributed by atoms with Gasteiger partial charge in [0.05, 0.1) is 27.8 Å². The Kier molecular flexibility index (Phi) is 6.01. The highest BCUT2D eigenvalue weighted by Crippen LogP contribution is 2.45. The first-order valence-electron chi connectivity index (χ1n) is 11.8. The van der Waals surface area contributed by atoms with E-state index in [-0.39, 0.29) is 33.5 Å². The van der Waals surface area contributed by atoms with E-state index in [0.717, 1.165) is 35.9 Å². The Morgan fingerprint density at radius 2 is 1.83 bits per heavy atom. The molecule has 0 spiro atoms. The van der Waals surface area contributed by atoms with Gasteiger partial charge in [0.1, 0.15) is 11.6 Å². The minimum atomic E-state index is -3.73. The van der Waals surface area contributed by atoms with Crippen LogP contribution in [0, 0.1) is 5.82 Å². The Morgan fingerprint density at radius 1 is 1.14 bits per heavy atom. The molecule has 2 atom stereocenters. The van der Waals surface area contributed by atoms with E-state index < -0.39 is 21.4 Å². The molecule has 3 aliphatic heterocycles. The molecular formula is C25H29ClFN3O4S. The van der Waals surface area contributed by atoms with Crippen molar-refractivity contribution in [3.8, 4) is 5.75 Å². The Hall–Kier alpha value is -2.36. The van der Waals surface area contributed by atoms with Gasteiger partial charge < -0.3 is 14.5 Å². The molecule has 5 rings (SSSR count). The molecular weight excluding hydrogens is 493 g/mol. The van der Waals surface area contributed by atoms with Crippen LogP contribution >= 0.6 is 11.6 Å². The molecule has 0 aromatic heterocycles. The molecule has 1 amide bonds. The van der Waals surface area contributed by atoms with Crippen LogP contribution in [0.4, 0.5) is 10.1 Å². The summed E-state index contributed by atoms with van der Waals surface area (Å²) in [5.74, 6) is 0.0257. The molecule has 2 aromatic carbocycles. The number of amides is 1. The fourth-order valence-electron chi connectivity index (χ4n) is 5.36. The molecule has 3 aliphatic rings. The fourth-order valence-corrected chi connectivity index (χ4v) is 7.10. The van der Waals surface area contributed by atoms with Crippen molar-refractivity contribution >= 4 is 33.2 Å². The monoisotopic (exact) mass is 521 g/mol. The van der Waals surface area contributed by atoms with E-state index in [1.807, 2.05) is 20.8 Å². The number of nitrogens with zero attached hydrogens (tertiary/aromatic N) is 2. The minimum Gasteiger partial charge on any atom is -0.491 e. The van der Waals surface area contributed by atoms with Gasteiger partial charge in [0, 0.05) is 42.7 Å². The van der Waals surface area contributed by atoms with E-state index in [9.17, 15) is 17.6 Å². The van der Waals surface area contributed by atoms with Crippen LogP contribution in [0.1, 0.15) is 49.5 Å². The van der Waals surface area contributed by atoms with E-state index in [2.05, 4.69) is 9.62 Å². The predicted molar refractivity (Wildman–Crippen MR) is 132 cm³/mol. The number of fused-ring (bicyclic) bond motifs is 3. The van der Waals surface area contributed by atoms with Crippen molar-refractivity contribution in [3.63, 3.8) is 0 Å². The van der Waals surface area contributed by atoms with Gasteiger partial charge in [0.2, 0.25) is 10.0 Å². The summed E-state index contributed by atoms with van der Waals surface area (Å²) in [4.78, 5) is 17.4. The third-order valence-electron chi connectivity index (χ3n) is 6.70. The number of carbonyl (C=O) groups excluding carboxylic acids is 1. The van der Waals surface area contributed by atoms with Crippen LogP contribution < -0.4 is 14.4 Å². The number of likely N-dealkylation sites (tertiary alicyclic amines) is 1. The Morgan fingerprint density at radius 3 is 2.46 bits per heavy atom. The molecule has 188 valence electrons. The molecule has 7 nitrogen and oxygen atoms in total. The number of sulfonamides is 1. The first kappa shape index (κ1) is 24.3. The quantitative estimate of drug-likeness (QED) is 0.658. The summed E-state index contributed by atoms with van der Waals surface area (Å²) in [6.45, 7) is 6.88. The number of ether oxygens (including phenoxy) is 1. The third kappa shape index (κ3) is 4.61. The second kappa shape index (κ2) is 8.64. The van der Waals surface area contributed by atoms with Gasteiger partial charge in [-0.3, -0.25) is 4.79 Å². The molecule has 10 heteroatoms. The van der Waals surface area contributed by atoms with Gasteiger partial charge in [-0.1, -0.05) is 11.6 Å². The Labute approximate surface area is 210 Å². The second-order valence-corrected chi connectivity index (χ2v) is 12.6. The molecule has 2 unspecified atom stereocenters. The van der Waals surface area contributed by atoms with Crippen LogP contribution in [0.15, 0.2) is 35.2 Å². The number of hydrogen-bond donors (Lipinski definition) is 1. The summed E-state index contributed by atoms with van der Waals surface area (Å²) in [6, 6.07) is 7.25. The van der Waals surface area contributed by atoms with E-state index in [1.54, 1.807) is 17.0 Å². The van der Waals surface area contributed by atoms with Crippen molar-refractivity contribution < 1.29 is 22.3 Å². The van der Waals surface area contributed by atoms with Crippen molar-refractivity contribution in [2.24, 2.45) is 0 Å². The van der Waals surface area contributed by atoms with Crippen molar-refractivity contribution in [3.05, 3.63) is 52.3 Å². The zero-order valence-electron chi connectivity index (χ0n) is 20.0. The topological polar surface area (TPSA) is 79.0 Å². The molecule has 2 aromatic rings. The predicted octanol–water partition coefficient (Wildman–Crippen LogP) is 3.98. The van der Waals surface area contributed by atoms with Crippen molar-refractivity contribution in [1.29, 1.82) is 0 Å². The number of halogens is 2. The smallest absolute Gasteiger partial charge is 0.255 e. The largest absolute Gasteiger partial charge is 0.491 e. The molecule has 2 fully saturated rings. The number of piperazine rings is 1. The van der Waals surface area contributed by atoms with E-state index in [1.165, 1.54) is 12.1 Å². The van der Waals surface area contributed by atoms with E-state index >= 15 is 0 Å². The molecule has 35 heavy (non-hydrogen) atoms. The average molecular weight is 522 g/mol. The van der Waals surface area contributed by atoms with Gasteiger partial charge in [-0.25, -0.2) is 17.5 Å². The zero-order chi connectivity index (χ0) is 25.1. The lowest BCUT2D eigenvalue weighted by Gasteiger charge is -2.43. The standard InChI is InChI=1S/C25H29ClFN3O4S/c1-25(2,3)28-35(32,33)19-10-15-8-9-34-23(15)22(12-19)30-17-5-6-18(30)14-29(13-17)24(31)20-7-4-16(27)11-21(20)26/h4,7,10-12,17-18,28H,5-6,8-9,13-14H2,1-3H3. The van der Waals surface area contributed by atoms with Crippen molar-refractivity contribution in [2.45, 2.75) is 62.6 Å².